The maximum atomic E-state index is 11.6. The van der Waals surface area contributed by atoms with Gasteiger partial charge in [0.25, 0.3) is 0 Å². The number of hydrogen-bond acceptors (Lipinski definition) is 5. The minimum absolute atomic E-state index is 0.196. The summed E-state index contributed by atoms with van der Waals surface area (Å²) in [6.45, 7) is 3.81. The van der Waals surface area contributed by atoms with Gasteiger partial charge in [-0.05, 0) is 25.5 Å². The van der Waals surface area contributed by atoms with Gasteiger partial charge in [-0.25, -0.2) is 8.42 Å². The van der Waals surface area contributed by atoms with Crippen LogP contribution in [-0.4, -0.2) is 40.2 Å². The van der Waals surface area contributed by atoms with Crippen LogP contribution in [0.5, 0.6) is 0 Å². The number of rotatable bonds is 9. The molecule has 1 aromatic heterocycles. The van der Waals surface area contributed by atoms with Crippen LogP contribution in [0.3, 0.4) is 0 Å². The molecule has 1 rings (SSSR count). The van der Waals surface area contributed by atoms with Gasteiger partial charge in [0.05, 0.1) is 11.5 Å². The third-order valence-corrected chi connectivity index (χ3v) is 5.23. The third-order valence-electron chi connectivity index (χ3n) is 2.49. The Labute approximate surface area is 113 Å². The van der Waals surface area contributed by atoms with Crippen LogP contribution in [0.25, 0.3) is 0 Å². The molecule has 18 heavy (non-hydrogen) atoms. The summed E-state index contributed by atoms with van der Waals surface area (Å²) in [4.78, 5) is 2.52. The Morgan fingerprint density at radius 2 is 2.11 bits per heavy atom. The number of hydrogen-bond donors (Lipinski definition) is 1. The first kappa shape index (κ1) is 15.6. The summed E-state index contributed by atoms with van der Waals surface area (Å²) in [6.07, 6.45) is 0.572. The first-order chi connectivity index (χ1) is 8.53. The van der Waals surface area contributed by atoms with Gasteiger partial charge in [0.2, 0.25) is 0 Å². The van der Waals surface area contributed by atoms with Crippen molar-refractivity contribution in [3.63, 3.8) is 0 Å². The Kier molecular flexibility index (Phi) is 6.85. The van der Waals surface area contributed by atoms with Crippen LogP contribution >= 0.6 is 11.3 Å². The summed E-state index contributed by atoms with van der Waals surface area (Å²) in [6, 6.07) is 4.14. The van der Waals surface area contributed by atoms with Gasteiger partial charge < -0.3 is 10.1 Å². The molecule has 0 aromatic carbocycles. The molecule has 0 aliphatic rings. The Balaban J connectivity index is 2.16. The van der Waals surface area contributed by atoms with Crippen molar-refractivity contribution in [3.05, 3.63) is 21.9 Å². The molecular formula is C12H21NO3S2. The second-order valence-corrected chi connectivity index (χ2v) is 7.86. The summed E-state index contributed by atoms with van der Waals surface area (Å²) in [5.74, 6) is 0.404. The van der Waals surface area contributed by atoms with E-state index in [9.17, 15) is 8.42 Å². The van der Waals surface area contributed by atoms with E-state index < -0.39 is 9.84 Å². The monoisotopic (exact) mass is 291 g/mol. The van der Waals surface area contributed by atoms with Crippen LogP contribution < -0.4 is 5.32 Å². The Morgan fingerprint density at radius 1 is 1.33 bits per heavy atom. The highest BCUT2D eigenvalue weighted by molar-refractivity contribution is 7.91. The molecule has 0 aliphatic heterocycles. The SMILES string of the molecule is COCCCS(=O)(=O)CCNCc1ccc(C)s1. The fourth-order valence-electron chi connectivity index (χ4n) is 1.54. The van der Waals surface area contributed by atoms with Crippen molar-refractivity contribution in [1.82, 2.24) is 5.32 Å². The summed E-state index contributed by atoms with van der Waals surface area (Å²) in [7, 11) is -1.36. The van der Waals surface area contributed by atoms with Crippen molar-refractivity contribution in [2.45, 2.75) is 19.9 Å². The molecule has 1 heterocycles. The van der Waals surface area contributed by atoms with Crippen molar-refractivity contribution < 1.29 is 13.2 Å². The minimum atomic E-state index is -2.94. The lowest BCUT2D eigenvalue weighted by atomic mass is 10.4. The van der Waals surface area contributed by atoms with E-state index >= 15 is 0 Å². The lowest BCUT2D eigenvalue weighted by molar-refractivity contribution is 0.199. The molecule has 1 N–H and O–H groups in total. The van der Waals surface area contributed by atoms with Gasteiger partial charge in [-0.2, -0.15) is 0 Å². The van der Waals surface area contributed by atoms with Crippen molar-refractivity contribution in [1.29, 1.82) is 0 Å². The van der Waals surface area contributed by atoms with Gasteiger partial charge >= 0.3 is 0 Å². The number of aryl methyl sites for hydroxylation is 1. The quantitative estimate of drug-likeness (QED) is 0.702. The van der Waals surface area contributed by atoms with Gasteiger partial charge in [0.1, 0.15) is 0 Å². The zero-order valence-corrected chi connectivity index (χ0v) is 12.6. The van der Waals surface area contributed by atoms with E-state index in [-0.39, 0.29) is 11.5 Å². The summed E-state index contributed by atoms with van der Waals surface area (Å²) >= 11 is 1.73. The highest BCUT2D eigenvalue weighted by Gasteiger charge is 2.09. The van der Waals surface area contributed by atoms with E-state index in [1.54, 1.807) is 18.4 Å². The van der Waals surface area contributed by atoms with E-state index in [0.717, 1.165) is 6.54 Å². The van der Waals surface area contributed by atoms with Gasteiger partial charge in [-0.3, -0.25) is 0 Å². The molecule has 4 nitrogen and oxygen atoms in total. The Hall–Kier alpha value is -0.430. The molecule has 0 radical (unpaired) electrons. The van der Waals surface area contributed by atoms with Gasteiger partial charge in [-0.15, -0.1) is 11.3 Å². The molecule has 0 bridgehead atoms. The smallest absolute Gasteiger partial charge is 0.151 e. The molecule has 104 valence electrons. The van der Waals surface area contributed by atoms with Crippen molar-refractivity contribution >= 4 is 21.2 Å². The predicted molar refractivity (Wildman–Crippen MR) is 75.9 cm³/mol. The number of ether oxygens (including phenoxy) is 1. The molecule has 0 unspecified atom stereocenters. The zero-order valence-electron chi connectivity index (χ0n) is 10.9. The van der Waals surface area contributed by atoms with Crippen LogP contribution in [0.1, 0.15) is 16.2 Å². The standard InChI is InChI=1S/C12H21NO3S2/c1-11-4-5-12(17-11)10-13-6-9-18(14,15)8-3-7-16-2/h4-5,13H,3,6-10H2,1-2H3. The normalized spacial score (nSPS) is 11.9. The number of methoxy groups -OCH3 is 1. The zero-order chi connectivity index (χ0) is 13.4. The van der Waals surface area contributed by atoms with Crippen molar-refractivity contribution in [2.75, 3.05) is 31.8 Å². The topological polar surface area (TPSA) is 55.4 Å². The molecule has 0 spiro atoms. The number of sulfone groups is 1. The second-order valence-electron chi connectivity index (χ2n) is 4.19. The van der Waals surface area contributed by atoms with Gasteiger partial charge in [0.15, 0.2) is 9.84 Å². The van der Waals surface area contributed by atoms with E-state index in [2.05, 4.69) is 24.4 Å². The largest absolute Gasteiger partial charge is 0.385 e. The van der Waals surface area contributed by atoms with Crippen LogP contribution in [0.4, 0.5) is 0 Å². The van der Waals surface area contributed by atoms with Crippen LogP contribution in [0, 0.1) is 6.92 Å². The third kappa shape index (κ3) is 6.49. The lowest BCUT2D eigenvalue weighted by Gasteiger charge is -2.05. The summed E-state index contributed by atoms with van der Waals surface area (Å²) in [5.41, 5.74) is 0. The fraction of sp³-hybridized carbons (Fsp3) is 0.667. The number of nitrogens with one attached hydrogen (secondary N) is 1. The fourth-order valence-corrected chi connectivity index (χ4v) is 3.62. The van der Waals surface area contributed by atoms with Gasteiger partial charge in [-0.1, -0.05) is 0 Å². The maximum absolute atomic E-state index is 11.6. The molecule has 6 heteroatoms. The van der Waals surface area contributed by atoms with E-state index in [0.29, 0.717) is 19.6 Å². The van der Waals surface area contributed by atoms with Gasteiger partial charge in [0, 0.05) is 36.6 Å². The highest BCUT2D eigenvalue weighted by atomic mass is 32.2. The van der Waals surface area contributed by atoms with Crippen LogP contribution in [-0.2, 0) is 21.1 Å². The van der Waals surface area contributed by atoms with Crippen molar-refractivity contribution in [2.24, 2.45) is 0 Å². The van der Waals surface area contributed by atoms with E-state index in [1.165, 1.54) is 9.75 Å². The Morgan fingerprint density at radius 3 is 2.72 bits per heavy atom. The first-order valence-electron chi connectivity index (χ1n) is 5.99. The highest BCUT2D eigenvalue weighted by Crippen LogP contribution is 2.14. The molecule has 1 aromatic rings. The molecule has 0 fully saturated rings. The molecule has 0 atom stereocenters. The Bertz CT molecular complexity index is 440. The maximum Gasteiger partial charge on any atom is 0.151 e. The summed E-state index contributed by atoms with van der Waals surface area (Å²) < 4.78 is 28.1. The average molecular weight is 291 g/mol. The van der Waals surface area contributed by atoms with Crippen molar-refractivity contribution in [3.8, 4) is 0 Å². The lowest BCUT2D eigenvalue weighted by Crippen LogP contribution is -2.24. The van der Waals surface area contributed by atoms with Crippen LogP contribution in [0.15, 0.2) is 12.1 Å². The number of thiophene rings is 1. The molecular weight excluding hydrogens is 270 g/mol. The predicted octanol–water partition coefficient (Wildman–Crippen LogP) is 1.60. The second kappa shape index (κ2) is 7.89. The molecule has 0 saturated heterocycles. The molecule has 0 aliphatic carbocycles. The van der Waals surface area contributed by atoms with Crippen LogP contribution in [0.2, 0.25) is 0 Å². The molecule has 0 saturated carbocycles. The summed E-state index contributed by atoms with van der Waals surface area (Å²) in [5, 5.41) is 3.16. The first-order valence-corrected chi connectivity index (χ1v) is 8.63. The van der Waals surface area contributed by atoms with E-state index in [4.69, 9.17) is 4.74 Å². The minimum Gasteiger partial charge on any atom is -0.385 e. The van der Waals surface area contributed by atoms with E-state index in [1.807, 2.05) is 0 Å². The molecule has 0 amide bonds. The average Bonchev–Trinajstić information content (AvgIpc) is 2.71.